The van der Waals surface area contributed by atoms with E-state index in [1.54, 1.807) is 6.07 Å². The molecule has 1 aromatic heterocycles. The minimum absolute atomic E-state index is 0.167. The summed E-state index contributed by atoms with van der Waals surface area (Å²) in [5.41, 5.74) is 8.24. The summed E-state index contributed by atoms with van der Waals surface area (Å²) in [5, 5.41) is 7.68. The molecule has 5 nitrogen and oxygen atoms in total. The summed E-state index contributed by atoms with van der Waals surface area (Å²) >= 11 is 0. The number of hydrogen-bond acceptors (Lipinski definition) is 5. The van der Waals surface area contributed by atoms with Crippen LogP contribution in [0.25, 0.3) is 11.5 Å². The van der Waals surface area contributed by atoms with E-state index in [4.69, 9.17) is 14.9 Å². The van der Waals surface area contributed by atoms with Crippen molar-refractivity contribution in [3.8, 4) is 17.5 Å². The Balaban J connectivity index is 2.42. The first-order chi connectivity index (χ1) is 7.72. The zero-order valence-electron chi connectivity index (χ0n) is 9.23. The maximum absolute atomic E-state index is 5.87. The van der Waals surface area contributed by atoms with Crippen molar-refractivity contribution in [3.63, 3.8) is 0 Å². The third-order valence-corrected chi connectivity index (χ3v) is 2.19. The Morgan fingerprint density at radius 1 is 1.38 bits per heavy atom. The Morgan fingerprint density at radius 2 is 2.19 bits per heavy atom. The zero-order valence-corrected chi connectivity index (χ0v) is 9.23. The molecule has 2 aromatic rings. The summed E-state index contributed by atoms with van der Waals surface area (Å²) < 4.78 is 10.5. The van der Waals surface area contributed by atoms with E-state index in [0.29, 0.717) is 18.2 Å². The quantitative estimate of drug-likeness (QED) is 0.799. The molecule has 0 saturated heterocycles. The first-order valence-electron chi connectivity index (χ1n) is 5.04. The second kappa shape index (κ2) is 4.22. The topological polar surface area (TPSA) is 74.2 Å². The van der Waals surface area contributed by atoms with Crippen LogP contribution in [-0.2, 0) is 0 Å². The number of benzene rings is 1. The molecule has 0 bridgehead atoms. The van der Waals surface area contributed by atoms with E-state index in [0.717, 1.165) is 11.1 Å². The molecule has 0 fully saturated rings. The van der Waals surface area contributed by atoms with E-state index in [9.17, 15) is 0 Å². The van der Waals surface area contributed by atoms with Crippen molar-refractivity contribution in [1.29, 1.82) is 0 Å². The third-order valence-electron chi connectivity index (χ3n) is 2.19. The Hall–Kier alpha value is -2.04. The van der Waals surface area contributed by atoms with Crippen LogP contribution in [0.1, 0.15) is 12.5 Å². The van der Waals surface area contributed by atoms with Crippen LogP contribution in [0.2, 0.25) is 0 Å². The average Bonchev–Trinajstić information content (AvgIpc) is 2.67. The van der Waals surface area contributed by atoms with Gasteiger partial charge in [-0.1, -0.05) is 17.2 Å². The lowest BCUT2D eigenvalue weighted by Crippen LogP contribution is -1.92. The highest BCUT2D eigenvalue weighted by molar-refractivity contribution is 5.73. The second-order valence-corrected chi connectivity index (χ2v) is 3.35. The molecule has 2 rings (SSSR count). The maximum atomic E-state index is 5.87. The first kappa shape index (κ1) is 10.5. The molecule has 1 aromatic carbocycles. The van der Waals surface area contributed by atoms with Crippen molar-refractivity contribution in [2.45, 2.75) is 13.8 Å². The molecule has 0 aliphatic carbocycles. The molecule has 0 aliphatic heterocycles. The summed E-state index contributed by atoms with van der Waals surface area (Å²) in [4.78, 5) is 0. The predicted octanol–water partition coefficient (Wildman–Crippen LogP) is 2.03. The first-order valence-corrected chi connectivity index (χ1v) is 5.04. The lowest BCUT2D eigenvalue weighted by molar-refractivity contribution is 0.247. The van der Waals surface area contributed by atoms with E-state index in [-0.39, 0.29) is 6.08 Å². The van der Waals surface area contributed by atoms with Crippen molar-refractivity contribution in [2.75, 3.05) is 12.3 Å². The van der Waals surface area contributed by atoms with Crippen molar-refractivity contribution in [3.05, 3.63) is 23.8 Å². The number of nitrogens with zero attached hydrogens (tertiary/aromatic N) is 2. The maximum Gasteiger partial charge on any atom is 0.414 e. The fourth-order valence-corrected chi connectivity index (χ4v) is 1.48. The minimum atomic E-state index is 0.167. The van der Waals surface area contributed by atoms with Crippen LogP contribution in [-0.4, -0.2) is 16.8 Å². The molecule has 1 heterocycles. The van der Waals surface area contributed by atoms with Gasteiger partial charge in [0, 0.05) is 5.69 Å². The molecule has 2 N–H and O–H groups in total. The van der Waals surface area contributed by atoms with Gasteiger partial charge in [-0.05, 0) is 25.5 Å². The molecule has 0 unspecified atom stereocenters. The van der Waals surface area contributed by atoms with Crippen LogP contribution >= 0.6 is 0 Å². The van der Waals surface area contributed by atoms with Gasteiger partial charge in [0.1, 0.15) is 0 Å². The molecular formula is C11H13N3O2. The van der Waals surface area contributed by atoms with E-state index in [2.05, 4.69) is 10.2 Å². The second-order valence-electron chi connectivity index (χ2n) is 3.35. The predicted molar refractivity (Wildman–Crippen MR) is 60.1 cm³/mol. The van der Waals surface area contributed by atoms with Crippen LogP contribution in [0.3, 0.4) is 0 Å². The number of nitrogens with two attached hydrogens (primary N) is 1. The van der Waals surface area contributed by atoms with Gasteiger partial charge in [-0.3, -0.25) is 0 Å². The standard InChI is InChI=1S/C11H13N3O2/c1-3-15-11-14-13-10(16-11)9-7(2)5-4-6-8(9)12/h4-6H,3,12H2,1-2H3. The third kappa shape index (κ3) is 1.84. The number of anilines is 1. The zero-order chi connectivity index (χ0) is 11.5. The van der Waals surface area contributed by atoms with E-state index >= 15 is 0 Å². The van der Waals surface area contributed by atoms with Gasteiger partial charge in [-0.2, -0.15) is 0 Å². The van der Waals surface area contributed by atoms with E-state index in [1.807, 2.05) is 26.0 Å². The minimum Gasteiger partial charge on any atom is -0.449 e. The van der Waals surface area contributed by atoms with Crippen molar-refractivity contribution >= 4 is 5.69 Å². The van der Waals surface area contributed by atoms with Gasteiger partial charge < -0.3 is 14.9 Å². The van der Waals surface area contributed by atoms with Gasteiger partial charge in [0.05, 0.1) is 12.2 Å². The van der Waals surface area contributed by atoms with Crippen LogP contribution in [0.4, 0.5) is 5.69 Å². The molecular weight excluding hydrogens is 206 g/mol. The monoisotopic (exact) mass is 219 g/mol. The van der Waals surface area contributed by atoms with Crippen LogP contribution in [0.5, 0.6) is 6.08 Å². The molecule has 84 valence electrons. The van der Waals surface area contributed by atoms with Crippen molar-refractivity contribution in [2.24, 2.45) is 0 Å². The Kier molecular flexibility index (Phi) is 2.76. The molecule has 0 aliphatic rings. The summed E-state index contributed by atoms with van der Waals surface area (Å²) in [6, 6.07) is 5.62. The van der Waals surface area contributed by atoms with Crippen molar-refractivity contribution in [1.82, 2.24) is 10.2 Å². The molecule has 0 saturated carbocycles. The highest BCUT2D eigenvalue weighted by Gasteiger charge is 2.13. The van der Waals surface area contributed by atoms with E-state index in [1.165, 1.54) is 0 Å². The molecule has 0 radical (unpaired) electrons. The summed E-state index contributed by atoms with van der Waals surface area (Å²) in [6.45, 7) is 4.28. The van der Waals surface area contributed by atoms with Gasteiger partial charge in [-0.15, -0.1) is 5.10 Å². The van der Waals surface area contributed by atoms with Gasteiger partial charge in [0.2, 0.25) is 0 Å². The van der Waals surface area contributed by atoms with Crippen molar-refractivity contribution < 1.29 is 9.15 Å². The highest BCUT2D eigenvalue weighted by atomic mass is 16.6. The van der Waals surface area contributed by atoms with Gasteiger partial charge >= 0.3 is 6.08 Å². The number of aryl methyl sites for hydroxylation is 1. The average molecular weight is 219 g/mol. The summed E-state index contributed by atoms with van der Waals surface area (Å²) in [7, 11) is 0. The molecule has 0 amide bonds. The number of aromatic nitrogens is 2. The number of hydrogen-bond donors (Lipinski definition) is 1. The number of ether oxygens (including phenoxy) is 1. The largest absolute Gasteiger partial charge is 0.449 e. The number of nitrogen functional groups attached to an aromatic ring is 1. The summed E-state index contributed by atoms with van der Waals surface area (Å²) in [6.07, 6.45) is 0.167. The molecule has 0 spiro atoms. The molecule has 0 atom stereocenters. The Labute approximate surface area is 93.2 Å². The fourth-order valence-electron chi connectivity index (χ4n) is 1.48. The number of rotatable bonds is 3. The Morgan fingerprint density at radius 3 is 2.88 bits per heavy atom. The molecule has 5 heteroatoms. The highest BCUT2D eigenvalue weighted by Crippen LogP contribution is 2.29. The summed E-state index contributed by atoms with van der Waals surface area (Å²) in [5.74, 6) is 0.388. The van der Waals surface area contributed by atoms with Crippen LogP contribution < -0.4 is 10.5 Å². The van der Waals surface area contributed by atoms with Gasteiger partial charge in [0.15, 0.2) is 0 Å². The van der Waals surface area contributed by atoms with Crippen LogP contribution in [0, 0.1) is 6.92 Å². The Bertz CT molecular complexity index is 473. The van der Waals surface area contributed by atoms with Gasteiger partial charge in [-0.25, -0.2) is 0 Å². The fraction of sp³-hybridized carbons (Fsp3) is 0.273. The SMILES string of the molecule is CCOc1nnc(-c2c(C)cccc2N)o1. The van der Waals surface area contributed by atoms with Crippen LogP contribution in [0.15, 0.2) is 22.6 Å². The van der Waals surface area contributed by atoms with Gasteiger partial charge in [0.25, 0.3) is 5.89 Å². The lowest BCUT2D eigenvalue weighted by Gasteiger charge is -2.03. The normalized spacial score (nSPS) is 10.4. The smallest absolute Gasteiger partial charge is 0.414 e. The lowest BCUT2D eigenvalue weighted by atomic mass is 10.1. The van der Waals surface area contributed by atoms with E-state index < -0.39 is 0 Å². The molecule has 16 heavy (non-hydrogen) atoms.